The first kappa shape index (κ1) is 19.9. The Morgan fingerprint density at radius 3 is 2.57 bits per heavy atom. The third kappa shape index (κ3) is 3.87. The van der Waals surface area contributed by atoms with Crippen LogP contribution in [-0.2, 0) is 9.09 Å². The number of hydrogen-bond donors (Lipinski definition) is 2. The van der Waals surface area contributed by atoms with Gasteiger partial charge in [0.1, 0.15) is 11.6 Å². The Labute approximate surface area is 161 Å². The largest absolute Gasteiger partial charge is 0.698 e. The van der Waals surface area contributed by atoms with Gasteiger partial charge in [0.25, 0.3) is 11.5 Å². The Morgan fingerprint density at radius 2 is 1.93 bits per heavy atom. The van der Waals surface area contributed by atoms with Crippen LogP contribution in [-0.4, -0.2) is 25.6 Å². The van der Waals surface area contributed by atoms with Crippen molar-refractivity contribution in [2.24, 2.45) is 0 Å². The minimum Gasteiger partial charge on any atom is -0.457 e. The zero-order chi connectivity index (χ0) is 20.3. The number of fused-ring (bicyclic) bond motifs is 1. The maximum absolute atomic E-state index is 11.3. The van der Waals surface area contributed by atoms with Crippen LogP contribution >= 0.6 is 8.25 Å². The highest BCUT2D eigenvalue weighted by molar-refractivity contribution is 7.32. The molecular formula is C18H19N3O6P+. The fourth-order valence-electron chi connectivity index (χ4n) is 2.93. The molecule has 0 amide bonds. The molecule has 0 aliphatic rings. The molecule has 9 nitrogen and oxygen atoms in total. The van der Waals surface area contributed by atoms with Gasteiger partial charge in [-0.2, -0.15) is 0 Å². The van der Waals surface area contributed by atoms with Crippen molar-refractivity contribution in [1.82, 2.24) is 9.97 Å². The van der Waals surface area contributed by atoms with E-state index in [0.29, 0.717) is 35.5 Å². The summed E-state index contributed by atoms with van der Waals surface area (Å²) < 4.78 is 22.4. The topological polar surface area (TPSA) is 128 Å². The van der Waals surface area contributed by atoms with Gasteiger partial charge in [-0.1, -0.05) is 36.6 Å². The summed E-state index contributed by atoms with van der Waals surface area (Å²) in [6.45, 7) is 3.57. The van der Waals surface area contributed by atoms with Crippen LogP contribution in [0.2, 0.25) is 0 Å². The van der Waals surface area contributed by atoms with E-state index in [1.54, 1.807) is 50.2 Å². The number of nitro groups is 1. The first-order chi connectivity index (χ1) is 13.4. The maximum Gasteiger partial charge on any atom is 0.698 e. The number of nitrogens with one attached hydrogen (secondary N) is 1. The van der Waals surface area contributed by atoms with Gasteiger partial charge in [-0.25, -0.2) is 4.98 Å². The van der Waals surface area contributed by atoms with Crippen molar-refractivity contribution < 1.29 is 23.6 Å². The van der Waals surface area contributed by atoms with Gasteiger partial charge in [0, 0.05) is 23.5 Å². The van der Waals surface area contributed by atoms with Gasteiger partial charge in [0.05, 0.1) is 16.0 Å². The van der Waals surface area contributed by atoms with Crippen molar-refractivity contribution in [3.05, 3.63) is 52.6 Å². The molecule has 1 heterocycles. The average molecular weight is 404 g/mol. The maximum atomic E-state index is 11.3. The lowest BCUT2D eigenvalue weighted by atomic mass is 10.1. The molecular weight excluding hydrogens is 385 g/mol. The minimum atomic E-state index is -2.86. The summed E-state index contributed by atoms with van der Waals surface area (Å²) in [6, 6.07) is 11.6. The van der Waals surface area contributed by atoms with E-state index in [1.807, 2.05) is 0 Å². The first-order valence-corrected chi connectivity index (χ1v) is 9.79. The van der Waals surface area contributed by atoms with Crippen LogP contribution < -0.4 is 4.74 Å². The van der Waals surface area contributed by atoms with Crippen molar-refractivity contribution >= 4 is 25.0 Å². The molecule has 0 saturated carbocycles. The molecule has 2 aromatic carbocycles. The van der Waals surface area contributed by atoms with E-state index in [4.69, 9.17) is 9.26 Å². The summed E-state index contributed by atoms with van der Waals surface area (Å²) >= 11 is 0. The van der Waals surface area contributed by atoms with E-state index in [9.17, 15) is 19.6 Å². The molecule has 1 aromatic heterocycles. The van der Waals surface area contributed by atoms with Crippen molar-refractivity contribution in [2.45, 2.75) is 32.5 Å². The molecule has 0 radical (unpaired) electrons. The molecule has 3 aromatic rings. The number of H-pyrrole nitrogens is 1. The van der Waals surface area contributed by atoms with Crippen LogP contribution in [0.15, 0.2) is 42.5 Å². The van der Waals surface area contributed by atoms with Crippen molar-refractivity contribution in [3.8, 4) is 17.1 Å². The highest BCUT2D eigenvalue weighted by atomic mass is 31.1. The van der Waals surface area contributed by atoms with E-state index in [2.05, 4.69) is 9.97 Å². The van der Waals surface area contributed by atoms with E-state index < -0.39 is 19.0 Å². The van der Waals surface area contributed by atoms with E-state index in [-0.39, 0.29) is 11.2 Å². The molecule has 10 heteroatoms. The van der Waals surface area contributed by atoms with Crippen LogP contribution in [0, 0.1) is 10.1 Å². The smallest absolute Gasteiger partial charge is 0.457 e. The SMILES string of the molecule is CCC(CC)(Oc1ccccc1-c1nc2c([N+](=O)[O-])cccc2[nH]1)O[P+](=O)O. The number of aromatic nitrogens is 2. The lowest BCUT2D eigenvalue weighted by Gasteiger charge is -2.26. The second-order valence-electron chi connectivity index (χ2n) is 6.06. The number of non-ortho nitro benzene ring substituents is 1. The monoisotopic (exact) mass is 404 g/mol. The third-order valence-electron chi connectivity index (χ3n) is 4.45. The lowest BCUT2D eigenvalue weighted by molar-refractivity contribution is -0.383. The minimum absolute atomic E-state index is 0.101. The zero-order valence-electron chi connectivity index (χ0n) is 15.3. The summed E-state index contributed by atoms with van der Waals surface area (Å²) in [5, 5.41) is 11.3. The van der Waals surface area contributed by atoms with E-state index >= 15 is 0 Å². The number of imidazole rings is 1. The number of nitrogens with zero attached hydrogens (tertiary/aromatic N) is 2. The third-order valence-corrected chi connectivity index (χ3v) is 4.94. The molecule has 0 bridgehead atoms. The standard InChI is InChI=1S/C18H18N3O6P/c1-3-18(4-2,27-28(24)25)26-15-11-6-5-8-12(15)17-19-13-9-7-10-14(21(22)23)16(13)20-17/h5-11H,3-4H2,1-2H3,(H-,19,20,24,25)/p+1. The summed E-state index contributed by atoms with van der Waals surface area (Å²) in [7, 11) is -2.86. The number of ether oxygens (including phenoxy) is 1. The summed E-state index contributed by atoms with van der Waals surface area (Å²) in [5.74, 6) is -0.518. The number of benzene rings is 2. The Kier molecular flexibility index (Phi) is 5.69. The molecule has 1 unspecified atom stereocenters. The number of rotatable bonds is 8. The molecule has 0 spiro atoms. The average Bonchev–Trinajstić information content (AvgIpc) is 3.11. The van der Waals surface area contributed by atoms with E-state index in [1.165, 1.54) is 6.07 Å². The van der Waals surface area contributed by atoms with Gasteiger partial charge in [-0.3, -0.25) is 10.1 Å². The Balaban J connectivity index is 2.08. The van der Waals surface area contributed by atoms with Gasteiger partial charge in [-0.05, 0) is 18.2 Å². The lowest BCUT2D eigenvalue weighted by Crippen LogP contribution is -2.36. The number of para-hydroxylation sites is 2. The highest BCUT2D eigenvalue weighted by Gasteiger charge is 2.40. The highest BCUT2D eigenvalue weighted by Crippen LogP contribution is 2.38. The number of hydrogen-bond acceptors (Lipinski definition) is 6. The molecule has 28 heavy (non-hydrogen) atoms. The predicted octanol–water partition coefficient (Wildman–Crippen LogP) is 4.70. The summed E-state index contributed by atoms with van der Waals surface area (Å²) in [6.07, 6.45) is 0.677. The molecule has 0 saturated heterocycles. The van der Waals surface area contributed by atoms with E-state index in [0.717, 1.165) is 0 Å². The van der Waals surface area contributed by atoms with Crippen molar-refractivity contribution in [3.63, 3.8) is 0 Å². The Hall–Kier alpha value is -2.87. The Morgan fingerprint density at radius 1 is 1.21 bits per heavy atom. The van der Waals surface area contributed by atoms with Crippen molar-refractivity contribution in [2.75, 3.05) is 0 Å². The van der Waals surface area contributed by atoms with Crippen LogP contribution in [0.5, 0.6) is 5.75 Å². The summed E-state index contributed by atoms with van der Waals surface area (Å²) in [5.41, 5.74) is 1.21. The fraction of sp³-hybridized carbons (Fsp3) is 0.278. The van der Waals surface area contributed by atoms with Gasteiger partial charge < -0.3 is 9.72 Å². The molecule has 0 aliphatic carbocycles. The second-order valence-corrected chi connectivity index (χ2v) is 6.72. The van der Waals surface area contributed by atoms with Gasteiger partial charge in [0.15, 0.2) is 5.52 Å². The normalized spacial score (nSPS) is 12.2. The Bertz CT molecular complexity index is 1030. The van der Waals surface area contributed by atoms with Crippen LogP contribution in [0.1, 0.15) is 26.7 Å². The van der Waals surface area contributed by atoms with Crippen LogP contribution in [0.4, 0.5) is 5.69 Å². The first-order valence-electron chi connectivity index (χ1n) is 8.66. The second kappa shape index (κ2) is 8.02. The van der Waals surface area contributed by atoms with Crippen molar-refractivity contribution in [1.29, 1.82) is 0 Å². The molecule has 1 atom stereocenters. The van der Waals surface area contributed by atoms with Crippen LogP contribution in [0.25, 0.3) is 22.4 Å². The van der Waals surface area contributed by atoms with Crippen LogP contribution in [0.3, 0.4) is 0 Å². The molecule has 2 N–H and O–H groups in total. The summed E-state index contributed by atoms with van der Waals surface area (Å²) in [4.78, 5) is 27.4. The fourth-order valence-corrected chi connectivity index (χ4v) is 3.51. The predicted molar refractivity (Wildman–Crippen MR) is 103 cm³/mol. The van der Waals surface area contributed by atoms with Gasteiger partial charge in [-0.15, -0.1) is 4.89 Å². The zero-order valence-corrected chi connectivity index (χ0v) is 16.2. The molecule has 3 rings (SSSR count). The molecule has 0 fully saturated rings. The van der Waals surface area contributed by atoms with Gasteiger partial charge in [0.2, 0.25) is 0 Å². The molecule has 0 aliphatic heterocycles. The quantitative estimate of drug-likeness (QED) is 0.241. The van der Waals surface area contributed by atoms with Gasteiger partial charge >= 0.3 is 8.25 Å². The number of nitro benzene ring substituents is 1. The molecule has 146 valence electrons. The number of aromatic amines is 1.